The highest BCUT2D eigenvalue weighted by Gasteiger charge is 2.33. The molecule has 0 bridgehead atoms. The first-order chi connectivity index (χ1) is 9.71. The largest absolute Gasteiger partial charge is 0.399 e. The highest BCUT2D eigenvalue weighted by Crippen LogP contribution is 2.29. The quantitative estimate of drug-likeness (QED) is 0.481. The molecule has 0 aliphatic rings. The molecule has 0 fully saturated rings. The van der Waals surface area contributed by atoms with Gasteiger partial charge in [0.1, 0.15) is 0 Å². The monoisotopic (exact) mass is 312 g/mol. The second kappa shape index (κ2) is 6.51. The molecule has 0 heterocycles. The SMILES string of the molecule is CC(C)N(CCC#N)S(=O)(=O)c1ccc(N)cc1[N+](=O)[O-]. The molecule has 0 aromatic heterocycles. The molecule has 0 saturated heterocycles. The van der Waals surface area contributed by atoms with E-state index in [1.54, 1.807) is 13.8 Å². The van der Waals surface area contributed by atoms with Crippen LogP contribution in [0.15, 0.2) is 23.1 Å². The Morgan fingerprint density at radius 3 is 2.57 bits per heavy atom. The van der Waals surface area contributed by atoms with Gasteiger partial charge >= 0.3 is 0 Å². The van der Waals surface area contributed by atoms with Gasteiger partial charge in [0.05, 0.1) is 11.0 Å². The molecule has 1 rings (SSSR count). The Balaban J connectivity index is 3.42. The molecule has 0 atom stereocenters. The third kappa shape index (κ3) is 3.68. The highest BCUT2D eigenvalue weighted by molar-refractivity contribution is 7.89. The molecule has 114 valence electrons. The Morgan fingerprint density at radius 1 is 1.48 bits per heavy atom. The number of nitro benzene ring substituents is 1. The number of rotatable bonds is 6. The topological polar surface area (TPSA) is 130 Å². The summed E-state index contributed by atoms with van der Waals surface area (Å²) in [7, 11) is -4.08. The molecule has 0 spiro atoms. The van der Waals surface area contributed by atoms with Crippen molar-refractivity contribution >= 4 is 21.4 Å². The Labute approximate surface area is 123 Å². The van der Waals surface area contributed by atoms with Crippen molar-refractivity contribution in [3.05, 3.63) is 28.3 Å². The Morgan fingerprint density at radius 2 is 2.10 bits per heavy atom. The number of hydrogen-bond donors (Lipinski definition) is 1. The predicted octanol–water partition coefficient (Wildman–Crippen LogP) is 1.49. The smallest absolute Gasteiger partial charge is 0.291 e. The van der Waals surface area contributed by atoms with E-state index in [9.17, 15) is 18.5 Å². The van der Waals surface area contributed by atoms with E-state index in [1.807, 2.05) is 6.07 Å². The fourth-order valence-corrected chi connectivity index (χ4v) is 3.61. The summed E-state index contributed by atoms with van der Waals surface area (Å²) < 4.78 is 26.2. The summed E-state index contributed by atoms with van der Waals surface area (Å²) in [6.45, 7) is 3.24. The summed E-state index contributed by atoms with van der Waals surface area (Å²) in [5.41, 5.74) is 5.00. The number of nitro groups is 1. The number of anilines is 1. The first kappa shape index (κ1) is 16.9. The van der Waals surface area contributed by atoms with Crippen LogP contribution in [-0.2, 0) is 10.0 Å². The summed E-state index contributed by atoms with van der Waals surface area (Å²) in [5, 5.41) is 19.7. The summed E-state index contributed by atoms with van der Waals surface area (Å²) in [6, 6.07) is 4.85. The van der Waals surface area contributed by atoms with Crippen LogP contribution in [0.3, 0.4) is 0 Å². The number of hydrogen-bond acceptors (Lipinski definition) is 6. The van der Waals surface area contributed by atoms with Gasteiger partial charge in [-0.25, -0.2) is 8.42 Å². The van der Waals surface area contributed by atoms with Gasteiger partial charge < -0.3 is 5.73 Å². The lowest BCUT2D eigenvalue weighted by Crippen LogP contribution is -2.37. The van der Waals surface area contributed by atoms with E-state index in [1.165, 1.54) is 6.07 Å². The summed E-state index contributed by atoms with van der Waals surface area (Å²) in [6.07, 6.45) is 0.000179. The fourth-order valence-electron chi connectivity index (χ4n) is 1.84. The van der Waals surface area contributed by atoms with Crippen molar-refractivity contribution < 1.29 is 13.3 Å². The molecule has 0 saturated carbocycles. The Kier molecular flexibility index (Phi) is 5.23. The maximum atomic E-state index is 12.6. The molecule has 8 nitrogen and oxygen atoms in total. The van der Waals surface area contributed by atoms with Crippen LogP contribution in [0.5, 0.6) is 0 Å². The predicted molar refractivity (Wildman–Crippen MR) is 76.8 cm³/mol. The zero-order chi connectivity index (χ0) is 16.2. The molecule has 1 aromatic rings. The highest BCUT2D eigenvalue weighted by atomic mass is 32.2. The number of nitrogen functional groups attached to an aromatic ring is 1. The van der Waals surface area contributed by atoms with Crippen molar-refractivity contribution in [1.29, 1.82) is 5.26 Å². The van der Waals surface area contributed by atoms with Crippen molar-refractivity contribution in [3.8, 4) is 6.07 Å². The number of benzene rings is 1. The van der Waals surface area contributed by atoms with E-state index in [0.29, 0.717) is 0 Å². The van der Waals surface area contributed by atoms with Crippen molar-refractivity contribution in [2.45, 2.75) is 31.2 Å². The third-order valence-electron chi connectivity index (χ3n) is 2.79. The van der Waals surface area contributed by atoms with Crippen LogP contribution in [0.4, 0.5) is 11.4 Å². The van der Waals surface area contributed by atoms with Crippen molar-refractivity contribution in [2.75, 3.05) is 12.3 Å². The van der Waals surface area contributed by atoms with E-state index >= 15 is 0 Å². The van der Waals surface area contributed by atoms with Gasteiger partial charge in [0, 0.05) is 30.8 Å². The molecule has 0 unspecified atom stereocenters. The van der Waals surface area contributed by atoms with Crippen LogP contribution in [0.2, 0.25) is 0 Å². The van der Waals surface area contributed by atoms with E-state index < -0.39 is 31.6 Å². The van der Waals surface area contributed by atoms with Gasteiger partial charge in [-0.2, -0.15) is 9.57 Å². The van der Waals surface area contributed by atoms with E-state index in [0.717, 1.165) is 16.4 Å². The number of nitriles is 1. The minimum Gasteiger partial charge on any atom is -0.399 e. The van der Waals surface area contributed by atoms with Crippen molar-refractivity contribution in [2.24, 2.45) is 0 Å². The second-order valence-electron chi connectivity index (χ2n) is 4.60. The molecule has 0 amide bonds. The minimum atomic E-state index is -4.08. The van der Waals surface area contributed by atoms with Gasteiger partial charge in [-0.05, 0) is 26.0 Å². The standard InChI is InChI=1S/C12H16N4O4S/c1-9(2)15(7-3-6-13)21(19,20)12-5-4-10(14)8-11(12)16(17)18/h4-5,8-9H,3,7,14H2,1-2H3. The average Bonchev–Trinajstić information content (AvgIpc) is 2.37. The molecule has 0 radical (unpaired) electrons. The normalized spacial score (nSPS) is 11.6. The van der Waals surface area contributed by atoms with Gasteiger partial charge in [0.15, 0.2) is 4.90 Å². The molecular formula is C12H16N4O4S. The number of sulfonamides is 1. The van der Waals surface area contributed by atoms with Crippen LogP contribution in [0.1, 0.15) is 20.3 Å². The lowest BCUT2D eigenvalue weighted by molar-refractivity contribution is -0.387. The molecule has 9 heteroatoms. The summed E-state index contributed by atoms with van der Waals surface area (Å²) in [4.78, 5) is 9.83. The van der Waals surface area contributed by atoms with E-state index in [4.69, 9.17) is 11.0 Å². The minimum absolute atomic E-state index is 0.000179. The molecule has 0 aliphatic heterocycles. The first-order valence-electron chi connectivity index (χ1n) is 6.14. The van der Waals surface area contributed by atoms with Crippen LogP contribution < -0.4 is 5.73 Å². The first-order valence-corrected chi connectivity index (χ1v) is 7.58. The second-order valence-corrected chi connectivity index (χ2v) is 6.46. The van der Waals surface area contributed by atoms with Crippen LogP contribution in [0, 0.1) is 21.4 Å². The van der Waals surface area contributed by atoms with Crippen molar-refractivity contribution in [1.82, 2.24) is 4.31 Å². The third-order valence-corrected chi connectivity index (χ3v) is 4.91. The van der Waals surface area contributed by atoms with Gasteiger partial charge in [-0.15, -0.1) is 0 Å². The zero-order valence-corrected chi connectivity index (χ0v) is 12.5. The van der Waals surface area contributed by atoms with Gasteiger partial charge in [0.2, 0.25) is 10.0 Å². The van der Waals surface area contributed by atoms with Crippen molar-refractivity contribution in [3.63, 3.8) is 0 Å². The molecule has 2 N–H and O–H groups in total. The van der Waals surface area contributed by atoms with E-state index in [-0.39, 0.29) is 18.7 Å². The maximum absolute atomic E-state index is 12.6. The zero-order valence-electron chi connectivity index (χ0n) is 11.7. The lowest BCUT2D eigenvalue weighted by Gasteiger charge is -2.24. The van der Waals surface area contributed by atoms with E-state index in [2.05, 4.69) is 0 Å². The number of nitrogens with zero attached hydrogens (tertiary/aromatic N) is 3. The Hall–Kier alpha value is -2.18. The molecule has 21 heavy (non-hydrogen) atoms. The van der Waals surface area contributed by atoms with Gasteiger partial charge in [-0.1, -0.05) is 0 Å². The fraction of sp³-hybridized carbons (Fsp3) is 0.417. The summed E-state index contributed by atoms with van der Waals surface area (Å²) >= 11 is 0. The summed E-state index contributed by atoms with van der Waals surface area (Å²) in [5.74, 6) is 0. The maximum Gasteiger partial charge on any atom is 0.291 e. The van der Waals surface area contributed by atoms with Gasteiger partial charge in [-0.3, -0.25) is 10.1 Å². The number of nitrogens with two attached hydrogens (primary N) is 1. The van der Waals surface area contributed by atoms with Gasteiger partial charge in [0.25, 0.3) is 5.69 Å². The lowest BCUT2D eigenvalue weighted by atomic mass is 10.3. The van der Waals surface area contributed by atoms with Crippen LogP contribution in [0.25, 0.3) is 0 Å². The Bertz CT molecular complexity index is 679. The molecule has 0 aliphatic carbocycles. The van der Waals surface area contributed by atoms with Crippen LogP contribution >= 0.6 is 0 Å². The van der Waals surface area contributed by atoms with Crippen LogP contribution in [-0.4, -0.2) is 30.2 Å². The molecular weight excluding hydrogens is 296 g/mol. The average molecular weight is 312 g/mol. The molecule has 1 aromatic carbocycles.